The molecule has 0 aromatic heterocycles. The van der Waals surface area contributed by atoms with E-state index in [1.165, 1.54) is 0 Å². The molecule has 0 rings (SSSR count). The van der Waals surface area contributed by atoms with Crippen molar-refractivity contribution < 1.29 is 68.1 Å². The van der Waals surface area contributed by atoms with E-state index in [-0.39, 0.29) is 68.1 Å². The number of rotatable bonds is 0. The van der Waals surface area contributed by atoms with Crippen LogP contribution >= 0.6 is 0 Å². The van der Waals surface area contributed by atoms with E-state index >= 15 is 0 Å². The van der Waals surface area contributed by atoms with Crippen LogP contribution in [0.15, 0.2) is 0 Å². The summed E-state index contributed by atoms with van der Waals surface area (Å²) in [5.74, 6) is 0. The van der Waals surface area contributed by atoms with Crippen molar-refractivity contribution in [2.45, 2.75) is 0 Å². The predicted molar refractivity (Wildman–Crippen MR) is 0 cm³/mol. The Kier molecular flexibility index (Phi) is 188. The van der Waals surface area contributed by atoms with Crippen molar-refractivity contribution in [3.63, 3.8) is 0 Å². The molecular formula is Br2Cu2. The van der Waals surface area contributed by atoms with Gasteiger partial charge < -0.3 is 34.0 Å². The van der Waals surface area contributed by atoms with Crippen molar-refractivity contribution in [3.05, 3.63) is 0 Å². The van der Waals surface area contributed by atoms with Crippen LogP contribution in [-0.2, 0) is 34.1 Å². The summed E-state index contributed by atoms with van der Waals surface area (Å²) in [6, 6.07) is 0. The zero-order valence-electron chi connectivity index (χ0n) is 1.36. The van der Waals surface area contributed by atoms with Gasteiger partial charge in [-0.05, 0) is 0 Å². The van der Waals surface area contributed by atoms with E-state index in [9.17, 15) is 0 Å². The molecule has 0 saturated carbocycles. The van der Waals surface area contributed by atoms with Crippen LogP contribution in [0, 0.1) is 0 Å². The molecule has 0 heterocycles. The second-order valence-corrected chi connectivity index (χ2v) is 0. The maximum Gasteiger partial charge on any atom is 1.00 e. The molecule has 0 nitrogen and oxygen atoms in total. The Bertz CT molecular complexity index is 4.00. The Morgan fingerprint density at radius 1 is 0.500 bits per heavy atom. The van der Waals surface area contributed by atoms with Crippen LogP contribution in [0.3, 0.4) is 0 Å². The van der Waals surface area contributed by atoms with Crippen molar-refractivity contribution in [3.8, 4) is 0 Å². The first kappa shape index (κ1) is 37.5. The van der Waals surface area contributed by atoms with Gasteiger partial charge in [-0.25, -0.2) is 0 Å². The Labute approximate surface area is 67.6 Å². The molecule has 0 aromatic carbocycles. The van der Waals surface area contributed by atoms with Gasteiger partial charge in [0.1, 0.15) is 0 Å². The summed E-state index contributed by atoms with van der Waals surface area (Å²) in [5, 5.41) is 0. The van der Waals surface area contributed by atoms with Gasteiger partial charge in [0.05, 0.1) is 0 Å². The van der Waals surface area contributed by atoms with E-state index in [4.69, 9.17) is 0 Å². The summed E-state index contributed by atoms with van der Waals surface area (Å²) >= 11 is 0. The molecule has 4 heavy (non-hydrogen) atoms. The molecule has 0 aliphatic heterocycles. The van der Waals surface area contributed by atoms with Crippen LogP contribution < -0.4 is 34.0 Å². The summed E-state index contributed by atoms with van der Waals surface area (Å²) in [6.07, 6.45) is 0. The van der Waals surface area contributed by atoms with Crippen molar-refractivity contribution in [1.82, 2.24) is 0 Å². The Hall–Kier alpha value is 2.00. The predicted octanol–water partition coefficient (Wildman–Crippen LogP) is -6.00. The second-order valence-electron chi connectivity index (χ2n) is 0. The summed E-state index contributed by atoms with van der Waals surface area (Å²) in [5.41, 5.74) is 0. The summed E-state index contributed by atoms with van der Waals surface area (Å²) < 4.78 is 0. The largest absolute Gasteiger partial charge is 1.00 e. The van der Waals surface area contributed by atoms with E-state index in [0.29, 0.717) is 0 Å². The SMILES string of the molecule is [Br-].[Br-].[Cu+].[Cu+]. The molecule has 0 aliphatic carbocycles. The maximum atomic E-state index is 0. The third-order valence-electron chi connectivity index (χ3n) is 0. The molecule has 0 bridgehead atoms. The quantitative estimate of drug-likeness (QED) is 0.389. The fourth-order valence-electron chi connectivity index (χ4n) is 0. The first-order valence-electron chi connectivity index (χ1n) is 0. The summed E-state index contributed by atoms with van der Waals surface area (Å²) in [4.78, 5) is 0. The van der Waals surface area contributed by atoms with Gasteiger partial charge in [0.25, 0.3) is 0 Å². The van der Waals surface area contributed by atoms with Crippen molar-refractivity contribution >= 4 is 0 Å². The van der Waals surface area contributed by atoms with Gasteiger partial charge in [-0.15, -0.1) is 0 Å². The molecule has 0 N–H and O–H groups in total. The monoisotopic (exact) mass is 284 g/mol. The molecule has 0 aromatic rings. The van der Waals surface area contributed by atoms with Crippen LogP contribution in [-0.4, -0.2) is 0 Å². The topological polar surface area (TPSA) is 0 Å². The van der Waals surface area contributed by atoms with Gasteiger partial charge in [-0.1, -0.05) is 0 Å². The molecule has 0 unspecified atom stereocenters. The third kappa shape index (κ3) is 9.00. The van der Waals surface area contributed by atoms with Crippen LogP contribution in [0.5, 0.6) is 0 Å². The zero-order chi connectivity index (χ0) is 0. The second kappa shape index (κ2) is 20.0. The molecule has 0 atom stereocenters. The summed E-state index contributed by atoms with van der Waals surface area (Å²) in [7, 11) is 0. The van der Waals surface area contributed by atoms with Crippen molar-refractivity contribution in [1.29, 1.82) is 0 Å². The first-order chi connectivity index (χ1) is 0. The van der Waals surface area contributed by atoms with Gasteiger partial charge in [0.15, 0.2) is 0 Å². The molecule has 0 saturated heterocycles. The number of hydrogen-bond acceptors (Lipinski definition) is 0. The first-order valence-corrected chi connectivity index (χ1v) is 0. The normalized spacial score (nSPS) is 0. The summed E-state index contributed by atoms with van der Waals surface area (Å²) in [6.45, 7) is 0. The molecule has 0 amide bonds. The Balaban J connectivity index is 0. The third-order valence-corrected chi connectivity index (χ3v) is 0. The molecular weight excluding hydrogens is 287 g/mol. The molecule has 36 valence electrons. The van der Waals surface area contributed by atoms with Gasteiger partial charge in [-0.2, -0.15) is 0 Å². The smallest absolute Gasteiger partial charge is 1.00 e. The molecule has 4 heteroatoms. The van der Waals surface area contributed by atoms with Gasteiger partial charge in [-0.3, -0.25) is 0 Å². The molecule has 0 radical (unpaired) electrons. The van der Waals surface area contributed by atoms with Crippen LogP contribution in [0.1, 0.15) is 0 Å². The Morgan fingerprint density at radius 3 is 0.500 bits per heavy atom. The van der Waals surface area contributed by atoms with Gasteiger partial charge >= 0.3 is 34.1 Å². The minimum Gasteiger partial charge on any atom is -1.00 e. The van der Waals surface area contributed by atoms with Crippen LogP contribution in [0.4, 0.5) is 0 Å². The maximum absolute atomic E-state index is 0. The fraction of sp³-hybridized carbons (Fsp3) is 0. The molecule has 0 aliphatic rings. The fourth-order valence-corrected chi connectivity index (χ4v) is 0. The number of hydrogen-bond donors (Lipinski definition) is 0. The average Bonchev–Trinajstić information content (AvgIpc) is 0. The minimum absolute atomic E-state index is 0. The molecule has 0 fully saturated rings. The van der Waals surface area contributed by atoms with E-state index in [1.54, 1.807) is 0 Å². The standard InChI is InChI=1S/2BrH.2Cu/h2*1H;;/q;;2*+1/p-2. The van der Waals surface area contributed by atoms with Crippen molar-refractivity contribution in [2.24, 2.45) is 0 Å². The van der Waals surface area contributed by atoms with Crippen LogP contribution in [0.25, 0.3) is 0 Å². The number of halogens is 2. The van der Waals surface area contributed by atoms with Gasteiger partial charge in [0.2, 0.25) is 0 Å². The average molecular weight is 287 g/mol. The van der Waals surface area contributed by atoms with E-state index in [0.717, 1.165) is 0 Å². The van der Waals surface area contributed by atoms with E-state index in [2.05, 4.69) is 0 Å². The van der Waals surface area contributed by atoms with Crippen LogP contribution in [0.2, 0.25) is 0 Å². The molecule has 0 spiro atoms. The van der Waals surface area contributed by atoms with Gasteiger partial charge in [0, 0.05) is 0 Å². The zero-order valence-corrected chi connectivity index (χ0v) is 6.41. The van der Waals surface area contributed by atoms with E-state index in [1.807, 2.05) is 0 Å². The minimum atomic E-state index is 0. The Morgan fingerprint density at radius 2 is 0.500 bits per heavy atom. The van der Waals surface area contributed by atoms with Crippen molar-refractivity contribution in [2.75, 3.05) is 0 Å². The van der Waals surface area contributed by atoms with E-state index < -0.39 is 0 Å².